The molecule has 0 aromatic heterocycles. The molecule has 0 saturated carbocycles. The molecular weight excluding hydrogens is 398 g/mol. The number of carbonyl (C=O) groups is 1. The lowest BCUT2D eigenvalue weighted by atomic mass is 10.0. The molecule has 1 fully saturated rings. The summed E-state index contributed by atoms with van der Waals surface area (Å²) in [6, 6.07) is 11.0. The maximum Gasteiger partial charge on any atom is 0.247 e. The molecule has 1 saturated heterocycles. The minimum atomic E-state index is -0.629. The number of hydrogen-bond acceptors (Lipinski definition) is 3. The van der Waals surface area contributed by atoms with Crippen LogP contribution in [0, 0.1) is 11.6 Å². The van der Waals surface area contributed by atoms with Gasteiger partial charge < -0.3 is 14.5 Å². The Morgan fingerprint density at radius 1 is 1.16 bits per heavy atom. The largest absolute Gasteiger partial charge is 0.491 e. The normalized spacial score (nSPS) is 15.5. The molecule has 4 nitrogen and oxygen atoms in total. The zero-order valence-electron chi connectivity index (χ0n) is 18.4. The van der Waals surface area contributed by atoms with Crippen LogP contribution < -0.4 is 4.74 Å². The third-order valence-corrected chi connectivity index (χ3v) is 5.44. The van der Waals surface area contributed by atoms with Gasteiger partial charge in [-0.1, -0.05) is 18.2 Å². The Morgan fingerprint density at radius 3 is 2.45 bits per heavy atom. The highest BCUT2D eigenvalue weighted by Crippen LogP contribution is 2.21. The van der Waals surface area contributed by atoms with E-state index in [1.165, 1.54) is 18.2 Å². The van der Waals surface area contributed by atoms with Crippen LogP contribution in [0.15, 0.2) is 48.5 Å². The van der Waals surface area contributed by atoms with E-state index >= 15 is 0 Å². The Bertz CT molecular complexity index is 904. The molecule has 0 aliphatic carbocycles. The molecule has 0 atom stereocenters. The Kier molecular flexibility index (Phi) is 7.80. The molecule has 0 radical (unpaired) electrons. The first-order chi connectivity index (χ1) is 14.8. The molecule has 0 bridgehead atoms. The van der Waals surface area contributed by atoms with Crippen molar-refractivity contribution in [2.24, 2.45) is 0 Å². The average Bonchev–Trinajstić information content (AvgIpc) is 2.73. The topological polar surface area (TPSA) is 32.8 Å². The summed E-state index contributed by atoms with van der Waals surface area (Å²) >= 11 is 0. The smallest absolute Gasteiger partial charge is 0.247 e. The summed E-state index contributed by atoms with van der Waals surface area (Å²) in [6.45, 7) is 5.80. The van der Waals surface area contributed by atoms with Gasteiger partial charge in [0.1, 0.15) is 17.4 Å². The van der Waals surface area contributed by atoms with Gasteiger partial charge in [-0.2, -0.15) is 0 Å². The highest BCUT2D eigenvalue weighted by atomic mass is 19.1. The van der Waals surface area contributed by atoms with Crippen molar-refractivity contribution in [3.05, 3.63) is 71.3 Å². The van der Waals surface area contributed by atoms with E-state index in [1.54, 1.807) is 11.0 Å². The summed E-state index contributed by atoms with van der Waals surface area (Å²) < 4.78 is 33.2. The highest BCUT2D eigenvalue weighted by Gasteiger charge is 2.26. The Balaban J connectivity index is 1.75. The molecule has 1 amide bonds. The van der Waals surface area contributed by atoms with Gasteiger partial charge >= 0.3 is 0 Å². The van der Waals surface area contributed by atoms with Crippen molar-refractivity contribution in [3.63, 3.8) is 0 Å². The number of hydrogen-bond donors (Lipinski definition) is 0. The summed E-state index contributed by atoms with van der Waals surface area (Å²) in [6.07, 6.45) is 5.01. The van der Waals surface area contributed by atoms with Gasteiger partial charge in [-0.15, -0.1) is 0 Å². The summed E-state index contributed by atoms with van der Waals surface area (Å²) in [4.78, 5) is 17.0. The molecule has 31 heavy (non-hydrogen) atoms. The van der Waals surface area contributed by atoms with E-state index in [1.807, 2.05) is 38.1 Å². The van der Waals surface area contributed by atoms with Crippen LogP contribution in [0.25, 0.3) is 6.08 Å². The molecule has 0 spiro atoms. The number of halogens is 2. The third kappa shape index (κ3) is 6.62. The number of carbonyl (C=O) groups excluding carboxylic acids is 1. The van der Waals surface area contributed by atoms with Crippen LogP contribution in [-0.2, 0) is 11.3 Å². The molecule has 166 valence electrons. The Hall–Kier alpha value is -2.73. The molecule has 1 aliphatic rings. The van der Waals surface area contributed by atoms with Crippen molar-refractivity contribution in [2.45, 2.75) is 45.4 Å². The second-order valence-electron chi connectivity index (χ2n) is 8.31. The number of benzene rings is 2. The summed E-state index contributed by atoms with van der Waals surface area (Å²) in [5, 5.41) is 0. The van der Waals surface area contributed by atoms with E-state index in [4.69, 9.17) is 4.74 Å². The minimum Gasteiger partial charge on any atom is -0.491 e. The van der Waals surface area contributed by atoms with Crippen LogP contribution in [-0.4, -0.2) is 48.0 Å². The first kappa shape index (κ1) is 22.9. The number of piperidine rings is 1. The van der Waals surface area contributed by atoms with Gasteiger partial charge in [-0.3, -0.25) is 4.79 Å². The van der Waals surface area contributed by atoms with Crippen molar-refractivity contribution < 1.29 is 18.3 Å². The Morgan fingerprint density at radius 2 is 1.84 bits per heavy atom. The van der Waals surface area contributed by atoms with Gasteiger partial charge in [0.25, 0.3) is 0 Å². The van der Waals surface area contributed by atoms with E-state index in [0.717, 1.165) is 43.3 Å². The van der Waals surface area contributed by atoms with Gasteiger partial charge in [-0.05, 0) is 76.7 Å². The van der Waals surface area contributed by atoms with Gasteiger partial charge in [0.05, 0.1) is 6.10 Å². The van der Waals surface area contributed by atoms with Gasteiger partial charge in [0.2, 0.25) is 5.91 Å². The van der Waals surface area contributed by atoms with E-state index < -0.39 is 11.6 Å². The number of amides is 1. The van der Waals surface area contributed by atoms with Crippen LogP contribution in [0.2, 0.25) is 0 Å². The summed E-state index contributed by atoms with van der Waals surface area (Å²) in [5.41, 5.74) is 1.19. The van der Waals surface area contributed by atoms with Gasteiger partial charge in [0.15, 0.2) is 0 Å². The van der Waals surface area contributed by atoms with Gasteiger partial charge in [0, 0.05) is 30.3 Å². The lowest BCUT2D eigenvalue weighted by Crippen LogP contribution is -2.45. The summed E-state index contributed by atoms with van der Waals surface area (Å²) in [5.74, 6) is -0.655. The second-order valence-corrected chi connectivity index (χ2v) is 8.31. The fourth-order valence-corrected chi connectivity index (χ4v) is 3.72. The number of rotatable bonds is 7. The van der Waals surface area contributed by atoms with Crippen molar-refractivity contribution in [3.8, 4) is 5.75 Å². The fourth-order valence-electron chi connectivity index (χ4n) is 3.72. The lowest BCUT2D eigenvalue weighted by molar-refractivity contribution is -0.129. The minimum absolute atomic E-state index is 0.0135. The zero-order chi connectivity index (χ0) is 22.4. The SMILES string of the molecule is CC(C)Oc1ccc(/C=C/C(=O)N(Cc2ccc(F)cc2F)C2CCN(C)CC2)cc1. The predicted molar refractivity (Wildman–Crippen MR) is 119 cm³/mol. The van der Waals surface area contributed by atoms with Gasteiger partial charge in [-0.25, -0.2) is 8.78 Å². The van der Waals surface area contributed by atoms with Crippen LogP contribution >= 0.6 is 0 Å². The van der Waals surface area contributed by atoms with Crippen LogP contribution in [0.3, 0.4) is 0 Å². The Labute approximate surface area is 183 Å². The van der Waals surface area contributed by atoms with Crippen LogP contribution in [0.1, 0.15) is 37.8 Å². The van der Waals surface area contributed by atoms with E-state index in [9.17, 15) is 13.6 Å². The standard InChI is InChI=1S/C25H30F2N2O2/c1-18(2)31-23-9-4-19(5-10-23)6-11-25(30)29(22-12-14-28(3)15-13-22)17-20-7-8-21(26)16-24(20)27/h4-11,16,18,22H,12-15,17H2,1-3H3/b11-6+. The van der Waals surface area contributed by atoms with Crippen molar-refractivity contribution >= 4 is 12.0 Å². The molecule has 3 rings (SSSR count). The quantitative estimate of drug-likeness (QED) is 0.589. The van der Waals surface area contributed by atoms with E-state index in [0.29, 0.717) is 5.56 Å². The molecule has 2 aromatic carbocycles. The molecule has 0 unspecified atom stereocenters. The monoisotopic (exact) mass is 428 g/mol. The average molecular weight is 429 g/mol. The zero-order valence-corrected chi connectivity index (χ0v) is 18.4. The van der Waals surface area contributed by atoms with Crippen molar-refractivity contribution in [2.75, 3.05) is 20.1 Å². The van der Waals surface area contributed by atoms with E-state index in [2.05, 4.69) is 11.9 Å². The summed E-state index contributed by atoms with van der Waals surface area (Å²) in [7, 11) is 2.05. The number of likely N-dealkylation sites (tertiary alicyclic amines) is 1. The van der Waals surface area contributed by atoms with Crippen LogP contribution in [0.5, 0.6) is 5.75 Å². The molecule has 1 aliphatic heterocycles. The van der Waals surface area contributed by atoms with E-state index in [-0.39, 0.29) is 24.6 Å². The maximum atomic E-state index is 14.3. The number of nitrogens with zero attached hydrogens (tertiary/aromatic N) is 2. The van der Waals surface area contributed by atoms with Crippen molar-refractivity contribution in [1.29, 1.82) is 0 Å². The maximum absolute atomic E-state index is 14.3. The molecule has 2 aromatic rings. The first-order valence-electron chi connectivity index (χ1n) is 10.7. The second kappa shape index (κ2) is 10.5. The predicted octanol–water partition coefficient (Wildman–Crippen LogP) is 4.89. The number of ether oxygens (including phenoxy) is 1. The fraction of sp³-hybridized carbons (Fsp3) is 0.400. The molecule has 0 N–H and O–H groups in total. The van der Waals surface area contributed by atoms with Crippen molar-refractivity contribution in [1.82, 2.24) is 9.80 Å². The third-order valence-electron chi connectivity index (χ3n) is 5.44. The highest BCUT2D eigenvalue weighted by molar-refractivity contribution is 5.92. The lowest BCUT2D eigenvalue weighted by Gasteiger charge is -2.37. The van der Waals surface area contributed by atoms with Crippen LogP contribution in [0.4, 0.5) is 8.78 Å². The molecular formula is C25H30F2N2O2. The first-order valence-corrected chi connectivity index (χ1v) is 10.7. The molecule has 6 heteroatoms. The molecule has 1 heterocycles.